The van der Waals surface area contributed by atoms with Crippen LogP contribution < -0.4 is 10.1 Å². The maximum atomic E-state index is 13.8. The summed E-state index contributed by atoms with van der Waals surface area (Å²) in [7, 11) is 0. The van der Waals surface area contributed by atoms with Crippen LogP contribution in [0.5, 0.6) is 5.75 Å². The lowest BCUT2D eigenvalue weighted by Crippen LogP contribution is -2.24. The van der Waals surface area contributed by atoms with Crippen molar-refractivity contribution in [3.63, 3.8) is 0 Å². The number of benzene rings is 2. The molecule has 5 heteroatoms. The molecule has 0 aromatic heterocycles. The Balaban J connectivity index is 1.95. The van der Waals surface area contributed by atoms with Gasteiger partial charge in [-0.1, -0.05) is 15.9 Å². The number of hydrogen-bond acceptors (Lipinski definition) is 2. The topological polar surface area (TPSA) is 21.3 Å². The van der Waals surface area contributed by atoms with Gasteiger partial charge in [0.1, 0.15) is 24.0 Å². The average molecular weight is 326 g/mol. The van der Waals surface area contributed by atoms with Crippen LogP contribution in [0.3, 0.4) is 0 Å². The predicted molar refractivity (Wildman–Crippen MR) is 72.4 cm³/mol. The van der Waals surface area contributed by atoms with Gasteiger partial charge in [0.2, 0.25) is 0 Å². The molecule has 1 unspecified atom stereocenters. The van der Waals surface area contributed by atoms with Crippen molar-refractivity contribution in [1.82, 2.24) is 0 Å². The molecule has 2 aromatic rings. The van der Waals surface area contributed by atoms with Crippen molar-refractivity contribution < 1.29 is 13.5 Å². The summed E-state index contributed by atoms with van der Waals surface area (Å²) in [5, 5.41) is 3.10. The highest BCUT2D eigenvalue weighted by Crippen LogP contribution is 2.35. The number of fused-ring (bicyclic) bond motifs is 1. The average Bonchev–Trinajstić information content (AvgIpc) is 2.40. The maximum absolute atomic E-state index is 13.8. The Hall–Kier alpha value is -1.62. The van der Waals surface area contributed by atoms with E-state index in [0.29, 0.717) is 23.6 Å². The SMILES string of the molecule is Fc1ccc2c(c1)NC(c1cc(Br)ccc1F)CO2. The third-order valence-electron chi connectivity index (χ3n) is 3.01. The molecular formula is C14H10BrF2NO. The van der Waals surface area contributed by atoms with Gasteiger partial charge in [-0.2, -0.15) is 0 Å². The summed E-state index contributed by atoms with van der Waals surface area (Å²) in [4.78, 5) is 0. The van der Waals surface area contributed by atoms with Crippen molar-refractivity contribution in [3.05, 3.63) is 58.1 Å². The van der Waals surface area contributed by atoms with E-state index in [-0.39, 0.29) is 17.7 Å². The first-order chi connectivity index (χ1) is 9.13. The normalized spacial score (nSPS) is 17.3. The fourth-order valence-corrected chi connectivity index (χ4v) is 2.47. The van der Waals surface area contributed by atoms with E-state index in [9.17, 15) is 8.78 Å². The molecule has 19 heavy (non-hydrogen) atoms. The predicted octanol–water partition coefficient (Wildman–Crippen LogP) is 4.27. The highest BCUT2D eigenvalue weighted by atomic mass is 79.9. The molecule has 0 saturated carbocycles. The monoisotopic (exact) mass is 325 g/mol. The van der Waals surface area contributed by atoms with Crippen molar-refractivity contribution in [1.29, 1.82) is 0 Å². The zero-order chi connectivity index (χ0) is 13.4. The quantitative estimate of drug-likeness (QED) is 0.845. The molecule has 1 atom stereocenters. The van der Waals surface area contributed by atoms with E-state index in [1.165, 1.54) is 18.2 Å². The summed E-state index contributed by atoms with van der Waals surface area (Å²) in [6.07, 6.45) is 0. The number of ether oxygens (including phenoxy) is 1. The minimum Gasteiger partial charge on any atom is -0.489 e. The summed E-state index contributed by atoms with van der Waals surface area (Å²) >= 11 is 3.31. The first-order valence-corrected chi connectivity index (χ1v) is 6.56. The van der Waals surface area contributed by atoms with Gasteiger partial charge < -0.3 is 10.1 Å². The molecule has 1 N–H and O–H groups in total. The molecule has 0 amide bonds. The van der Waals surface area contributed by atoms with Crippen LogP contribution in [0, 0.1) is 11.6 Å². The van der Waals surface area contributed by atoms with E-state index in [1.54, 1.807) is 18.2 Å². The zero-order valence-corrected chi connectivity index (χ0v) is 11.4. The van der Waals surface area contributed by atoms with E-state index in [4.69, 9.17) is 4.74 Å². The van der Waals surface area contributed by atoms with E-state index in [0.717, 1.165) is 4.47 Å². The summed E-state index contributed by atoms with van der Waals surface area (Å²) in [6, 6.07) is 8.62. The molecule has 2 nitrogen and oxygen atoms in total. The molecule has 0 spiro atoms. The molecular weight excluding hydrogens is 316 g/mol. The lowest BCUT2D eigenvalue weighted by molar-refractivity contribution is 0.283. The number of nitrogens with one attached hydrogen (secondary N) is 1. The molecule has 1 aliphatic rings. The van der Waals surface area contributed by atoms with Gasteiger partial charge in [0.15, 0.2) is 0 Å². The van der Waals surface area contributed by atoms with Gasteiger partial charge in [-0.3, -0.25) is 0 Å². The van der Waals surface area contributed by atoms with Gasteiger partial charge in [0, 0.05) is 16.1 Å². The minimum atomic E-state index is -0.356. The third kappa shape index (κ3) is 2.42. The van der Waals surface area contributed by atoms with Crippen molar-refractivity contribution in [2.24, 2.45) is 0 Å². The summed E-state index contributed by atoms with van der Waals surface area (Å²) in [6.45, 7) is 0.298. The van der Waals surface area contributed by atoms with Crippen molar-refractivity contribution in [2.45, 2.75) is 6.04 Å². The molecule has 1 heterocycles. The van der Waals surface area contributed by atoms with Gasteiger partial charge in [0.25, 0.3) is 0 Å². The standard InChI is InChI=1S/C14H10BrF2NO/c15-8-1-3-11(17)10(5-8)13-7-19-14-4-2-9(16)6-12(14)18-13/h1-6,13,18H,7H2. The summed E-state index contributed by atoms with van der Waals surface area (Å²) in [5.74, 6) is -0.0950. The first-order valence-electron chi connectivity index (χ1n) is 5.77. The second-order valence-electron chi connectivity index (χ2n) is 4.31. The number of rotatable bonds is 1. The van der Waals surface area contributed by atoms with Gasteiger partial charge in [-0.25, -0.2) is 8.78 Å². The smallest absolute Gasteiger partial charge is 0.142 e. The van der Waals surface area contributed by atoms with Crippen molar-refractivity contribution in [3.8, 4) is 5.75 Å². The van der Waals surface area contributed by atoms with E-state index >= 15 is 0 Å². The highest BCUT2D eigenvalue weighted by molar-refractivity contribution is 9.10. The Bertz CT molecular complexity index is 633. The molecule has 0 aliphatic carbocycles. The van der Waals surface area contributed by atoms with Gasteiger partial charge in [-0.15, -0.1) is 0 Å². The van der Waals surface area contributed by atoms with Crippen LogP contribution in [-0.4, -0.2) is 6.61 Å². The Morgan fingerprint density at radius 3 is 2.84 bits per heavy atom. The lowest BCUT2D eigenvalue weighted by Gasteiger charge is -2.28. The van der Waals surface area contributed by atoms with Crippen LogP contribution in [0.1, 0.15) is 11.6 Å². The Kier molecular flexibility index (Phi) is 3.14. The maximum Gasteiger partial charge on any atom is 0.142 e. The van der Waals surface area contributed by atoms with Crippen molar-refractivity contribution >= 4 is 21.6 Å². The van der Waals surface area contributed by atoms with Crippen LogP contribution in [0.4, 0.5) is 14.5 Å². The molecule has 0 saturated heterocycles. The molecule has 0 radical (unpaired) electrons. The minimum absolute atomic E-state index is 0.298. The fourth-order valence-electron chi connectivity index (χ4n) is 2.09. The number of anilines is 1. The Morgan fingerprint density at radius 1 is 1.16 bits per heavy atom. The van der Waals surface area contributed by atoms with Crippen molar-refractivity contribution in [2.75, 3.05) is 11.9 Å². The summed E-state index contributed by atoms with van der Waals surface area (Å²) in [5.41, 5.74) is 1.03. The Labute approximate surface area is 117 Å². The lowest BCUT2D eigenvalue weighted by atomic mass is 10.1. The van der Waals surface area contributed by atoms with Crippen LogP contribution in [0.2, 0.25) is 0 Å². The van der Waals surface area contributed by atoms with Gasteiger partial charge in [0.05, 0.1) is 11.7 Å². The second kappa shape index (κ2) is 4.81. The molecule has 3 rings (SSSR count). The fraction of sp³-hybridized carbons (Fsp3) is 0.143. The van der Waals surface area contributed by atoms with Crippen LogP contribution >= 0.6 is 15.9 Å². The molecule has 1 aliphatic heterocycles. The molecule has 0 fully saturated rings. The molecule has 0 bridgehead atoms. The van der Waals surface area contributed by atoms with E-state index in [1.807, 2.05) is 0 Å². The molecule has 2 aromatic carbocycles. The molecule has 98 valence electrons. The first kappa shape index (κ1) is 12.4. The van der Waals surface area contributed by atoms with Gasteiger partial charge >= 0.3 is 0 Å². The largest absolute Gasteiger partial charge is 0.489 e. The second-order valence-corrected chi connectivity index (χ2v) is 5.23. The van der Waals surface area contributed by atoms with Gasteiger partial charge in [-0.05, 0) is 30.3 Å². The number of halogens is 3. The Morgan fingerprint density at radius 2 is 2.00 bits per heavy atom. The van der Waals surface area contributed by atoms with E-state index < -0.39 is 0 Å². The van der Waals surface area contributed by atoms with Crippen LogP contribution in [-0.2, 0) is 0 Å². The highest BCUT2D eigenvalue weighted by Gasteiger charge is 2.23. The van der Waals surface area contributed by atoms with Crippen LogP contribution in [0.15, 0.2) is 40.9 Å². The number of hydrogen-bond donors (Lipinski definition) is 1. The van der Waals surface area contributed by atoms with E-state index in [2.05, 4.69) is 21.2 Å². The summed E-state index contributed by atoms with van der Waals surface area (Å²) < 4.78 is 33.3. The third-order valence-corrected chi connectivity index (χ3v) is 3.50. The van der Waals surface area contributed by atoms with Crippen LogP contribution in [0.25, 0.3) is 0 Å². The zero-order valence-electron chi connectivity index (χ0n) is 9.79.